The number of amides is 2. The molecule has 0 unspecified atom stereocenters. The van der Waals surface area contributed by atoms with E-state index < -0.39 is 23.3 Å². The average molecular weight is 434 g/mol. The molecule has 160 valence electrons. The summed E-state index contributed by atoms with van der Waals surface area (Å²) in [6, 6.07) is 2.85. The van der Waals surface area contributed by atoms with E-state index in [-0.39, 0.29) is 11.7 Å². The first kappa shape index (κ1) is 21.7. The Labute approximate surface area is 176 Å². The molecule has 0 spiro atoms. The number of thiophene rings is 1. The van der Waals surface area contributed by atoms with Gasteiger partial charge in [0, 0.05) is 18.5 Å². The molecule has 3 rings (SSSR count). The van der Waals surface area contributed by atoms with E-state index in [0.717, 1.165) is 36.1 Å². The largest absolute Gasteiger partial charge is 0.476 e. The highest BCUT2D eigenvalue weighted by Gasteiger charge is 2.26. The van der Waals surface area contributed by atoms with E-state index in [9.17, 15) is 19.7 Å². The highest BCUT2D eigenvalue weighted by molar-refractivity contribution is 7.17. The van der Waals surface area contributed by atoms with Crippen molar-refractivity contribution in [2.75, 3.05) is 32.2 Å². The number of methoxy groups -OCH3 is 1. The van der Waals surface area contributed by atoms with E-state index >= 15 is 0 Å². The summed E-state index contributed by atoms with van der Waals surface area (Å²) in [5.41, 5.74) is 1.45. The second-order valence-corrected chi connectivity index (χ2v) is 7.69. The predicted octanol–water partition coefficient (Wildman–Crippen LogP) is 2.32. The van der Waals surface area contributed by atoms with Gasteiger partial charge in [0.2, 0.25) is 5.75 Å². The van der Waals surface area contributed by atoms with Crippen molar-refractivity contribution in [3.8, 4) is 5.75 Å². The molecule has 2 N–H and O–H groups in total. The van der Waals surface area contributed by atoms with Crippen molar-refractivity contribution >= 4 is 34.0 Å². The molecule has 2 heterocycles. The molecule has 1 aliphatic rings. The zero-order valence-corrected chi connectivity index (χ0v) is 17.3. The summed E-state index contributed by atoms with van der Waals surface area (Å²) in [5, 5.41) is 17.0. The highest BCUT2D eigenvalue weighted by atomic mass is 32.1. The number of aromatic nitrogens is 1. The van der Waals surface area contributed by atoms with Crippen LogP contribution in [0.2, 0.25) is 0 Å². The molecule has 0 saturated heterocycles. The Balaban J connectivity index is 1.72. The van der Waals surface area contributed by atoms with E-state index in [1.807, 2.05) is 0 Å². The van der Waals surface area contributed by atoms with Crippen LogP contribution in [0.15, 0.2) is 18.3 Å². The molecule has 0 radical (unpaired) electrons. The fraction of sp³-hybridized carbons (Fsp3) is 0.421. The van der Waals surface area contributed by atoms with Gasteiger partial charge in [-0.2, -0.15) is 0 Å². The van der Waals surface area contributed by atoms with Crippen molar-refractivity contribution in [3.63, 3.8) is 0 Å². The second-order valence-electron chi connectivity index (χ2n) is 6.58. The molecular weight excluding hydrogens is 412 g/mol. The normalized spacial score (nSPS) is 12.7. The number of aryl methyl sites for hydroxylation is 1. The number of nitrogens with one attached hydrogen (secondary N) is 2. The van der Waals surface area contributed by atoms with Gasteiger partial charge in [0.1, 0.15) is 11.2 Å². The van der Waals surface area contributed by atoms with Crippen molar-refractivity contribution in [3.05, 3.63) is 44.4 Å². The highest BCUT2D eigenvalue weighted by Crippen LogP contribution is 2.38. The average Bonchev–Trinajstić information content (AvgIpc) is 3.10. The van der Waals surface area contributed by atoms with Gasteiger partial charge in [-0.15, -0.1) is 11.3 Å². The quantitative estimate of drug-likeness (QED) is 0.351. The molecule has 0 aliphatic heterocycles. The molecule has 11 heteroatoms. The lowest BCUT2D eigenvalue weighted by molar-refractivity contribution is -0.390. The topological polar surface area (TPSA) is 133 Å². The van der Waals surface area contributed by atoms with Crippen LogP contribution >= 0.6 is 11.3 Å². The number of rotatable bonds is 9. The summed E-state index contributed by atoms with van der Waals surface area (Å²) in [7, 11) is 1.55. The zero-order chi connectivity index (χ0) is 21.5. The van der Waals surface area contributed by atoms with Crippen LogP contribution in [0.3, 0.4) is 0 Å². The van der Waals surface area contributed by atoms with Crippen LogP contribution in [-0.2, 0) is 22.4 Å². The Morgan fingerprint density at radius 3 is 2.90 bits per heavy atom. The zero-order valence-electron chi connectivity index (χ0n) is 16.4. The Morgan fingerprint density at radius 2 is 2.13 bits per heavy atom. The van der Waals surface area contributed by atoms with Gasteiger partial charge >= 0.3 is 5.82 Å². The van der Waals surface area contributed by atoms with Gasteiger partial charge in [0.25, 0.3) is 11.8 Å². The lowest BCUT2D eigenvalue weighted by Gasteiger charge is -2.13. The van der Waals surface area contributed by atoms with E-state index in [2.05, 4.69) is 15.6 Å². The number of hydrogen-bond acceptors (Lipinski definition) is 8. The summed E-state index contributed by atoms with van der Waals surface area (Å²) in [4.78, 5) is 40.2. The lowest BCUT2D eigenvalue weighted by Crippen LogP contribution is -2.29. The number of hydrogen-bond donors (Lipinski definition) is 2. The first-order valence-corrected chi connectivity index (χ1v) is 10.3. The summed E-state index contributed by atoms with van der Waals surface area (Å²) in [6.45, 7) is 0.304. The fourth-order valence-corrected chi connectivity index (χ4v) is 4.49. The number of nitro groups is 1. The third-order valence-corrected chi connectivity index (χ3v) is 5.73. The number of nitrogens with zero attached hydrogens (tertiary/aromatic N) is 2. The van der Waals surface area contributed by atoms with Crippen molar-refractivity contribution in [2.24, 2.45) is 0 Å². The fourth-order valence-electron chi connectivity index (χ4n) is 3.19. The minimum absolute atomic E-state index is 0.0966. The molecule has 2 aromatic rings. The maximum Gasteiger partial charge on any atom is 0.406 e. The lowest BCUT2D eigenvalue weighted by atomic mass is 9.95. The molecule has 2 aromatic heterocycles. The Morgan fingerprint density at radius 1 is 1.33 bits per heavy atom. The molecule has 30 heavy (non-hydrogen) atoms. The van der Waals surface area contributed by atoms with Crippen LogP contribution in [0.25, 0.3) is 0 Å². The van der Waals surface area contributed by atoms with Crippen LogP contribution in [0.1, 0.15) is 33.6 Å². The third kappa shape index (κ3) is 5.10. The minimum Gasteiger partial charge on any atom is -0.476 e. The van der Waals surface area contributed by atoms with Gasteiger partial charge in [0.05, 0.1) is 12.2 Å². The van der Waals surface area contributed by atoms with Crippen molar-refractivity contribution in [2.45, 2.75) is 25.7 Å². The molecule has 1 aliphatic carbocycles. The van der Waals surface area contributed by atoms with Crippen molar-refractivity contribution < 1.29 is 24.0 Å². The Kier molecular flexibility index (Phi) is 7.31. The van der Waals surface area contributed by atoms with Gasteiger partial charge in [0.15, 0.2) is 6.61 Å². The van der Waals surface area contributed by atoms with Gasteiger partial charge < -0.3 is 30.2 Å². The van der Waals surface area contributed by atoms with Gasteiger partial charge in [-0.25, -0.2) is 0 Å². The second kappa shape index (κ2) is 10.1. The van der Waals surface area contributed by atoms with Crippen LogP contribution in [0.4, 0.5) is 10.8 Å². The molecule has 2 amide bonds. The monoisotopic (exact) mass is 434 g/mol. The molecular formula is C19H22N4O6S. The maximum atomic E-state index is 12.7. The first-order valence-electron chi connectivity index (χ1n) is 9.45. The van der Waals surface area contributed by atoms with Crippen LogP contribution in [0.5, 0.6) is 5.75 Å². The summed E-state index contributed by atoms with van der Waals surface area (Å²) >= 11 is 1.39. The van der Waals surface area contributed by atoms with Crippen LogP contribution < -0.4 is 15.4 Å². The van der Waals surface area contributed by atoms with E-state index in [0.29, 0.717) is 23.7 Å². The van der Waals surface area contributed by atoms with E-state index in [1.165, 1.54) is 29.7 Å². The van der Waals surface area contributed by atoms with Crippen LogP contribution in [0, 0.1) is 10.1 Å². The SMILES string of the molecule is COCCNC(=O)c1c(NC(=O)COc2cccnc2[N+](=O)[O-])sc2c1CCCC2. The molecule has 0 atom stereocenters. The van der Waals surface area contributed by atoms with Crippen molar-refractivity contribution in [1.82, 2.24) is 10.3 Å². The predicted molar refractivity (Wildman–Crippen MR) is 110 cm³/mol. The van der Waals surface area contributed by atoms with E-state index in [4.69, 9.17) is 9.47 Å². The smallest absolute Gasteiger partial charge is 0.406 e. The summed E-state index contributed by atoms with van der Waals surface area (Å²) in [5.74, 6) is -1.33. The number of anilines is 1. The number of carbonyl (C=O) groups is 2. The molecule has 0 fully saturated rings. The Hall–Kier alpha value is -3.05. The summed E-state index contributed by atoms with van der Waals surface area (Å²) in [6.07, 6.45) is 4.96. The van der Waals surface area contributed by atoms with E-state index in [1.54, 1.807) is 7.11 Å². The maximum absolute atomic E-state index is 12.7. The standard InChI is InChI=1S/C19H22N4O6S/c1-28-10-9-21-18(25)16-12-5-2-3-7-14(12)30-19(16)22-15(24)11-29-13-6-4-8-20-17(13)23(26)27/h4,6,8H,2-3,5,7,9-11H2,1H3,(H,21,25)(H,22,24). The van der Waals surface area contributed by atoms with Crippen LogP contribution in [-0.4, -0.2) is 48.6 Å². The Bertz CT molecular complexity index is 945. The van der Waals surface area contributed by atoms with Gasteiger partial charge in [-0.1, -0.05) is 0 Å². The first-order chi connectivity index (χ1) is 14.5. The summed E-state index contributed by atoms with van der Waals surface area (Å²) < 4.78 is 10.3. The molecule has 0 aromatic carbocycles. The van der Waals surface area contributed by atoms with Gasteiger partial charge in [-0.05, 0) is 53.3 Å². The molecule has 0 bridgehead atoms. The number of ether oxygens (including phenoxy) is 2. The number of fused-ring (bicyclic) bond motifs is 1. The number of carbonyl (C=O) groups excluding carboxylic acids is 2. The minimum atomic E-state index is -0.678. The number of pyridine rings is 1. The van der Waals surface area contributed by atoms with Gasteiger partial charge in [-0.3, -0.25) is 9.59 Å². The molecule has 10 nitrogen and oxygen atoms in total. The molecule has 0 saturated carbocycles. The van der Waals surface area contributed by atoms with Crippen molar-refractivity contribution in [1.29, 1.82) is 0 Å². The third-order valence-electron chi connectivity index (χ3n) is 4.53.